The van der Waals surface area contributed by atoms with Gasteiger partial charge in [0.2, 0.25) is 5.91 Å². The zero-order valence-corrected chi connectivity index (χ0v) is 35.8. The molecule has 2 rings (SSSR count). The van der Waals surface area contributed by atoms with E-state index in [9.17, 15) is 19.2 Å². The molecular formula is C43H70N4O6S. The van der Waals surface area contributed by atoms with Crippen LogP contribution >= 0.6 is 11.3 Å². The molecule has 0 spiro atoms. The second kappa shape index (κ2) is 24.4. The van der Waals surface area contributed by atoms with Crippen molar-refractivity contribution in [1.29, 1.82) is 0 Å². The van der Waals surface area contributed by atoms with E-state index in [0.717, 1.165) is 31.2 Å². The van der Waals surface area contributed by atoms with Crippen LogP contribution in [0.3, 0.4) is 0 Å². The molecule has 8 atom stereocenters. The number of likely N-dealkylation sites (N-methyl/N-ethyl adjacent to an activating group) is 1. The molecule has 0 saturated heterocycles. The minimum absolute atomic E-state index is 0.0244. The zero-order valence-electron chi connectivity index (χ0n) is 35.0. The van der Waals surface area contributed by atoms with Crippen LogP contribution in [0.4, 0.5) is 0 Å². The molecule has 1 heterocycles. The number of esters is 1. The first-order valence-corrected chi connectivity index (χ1v) is 21.1. The lowest BCUT2D eigenvalue weighted by molar-refractivity contribution is -0.145. The number of rotatable bonds is 26. The molecule has 11 heteroatoms. The van der Waals surface area contributed by atoms with Crippen LogP contribution < -0.4 is 10.6 Å². The number of aromatic nitrogens is 1. The van der Waals surface area contributed by atoms with E-state index >= 15 is 0 Å². The summed E-state index contributed by atoms with van der Waals surface area (Å²) in [4.78, 5) is 61.2. The predicted octanol–water partition coefficient (Wildman–Crippen LogP) is 8.06. The van der Waals surface area contributed by atoms with Gasteiger partial charge >= 0.3 is 5.97 Å². The van der Waals surface area contributed by atoms with Crippen LogP contribution in [0.1, 0.15) is 134 Å². The van der Waals surface area contributed by atoms with Crippen molar-refractivity contribution in [2.24, 2.45) is 29.6 Å². The number of nitrogens with one attached hydrogen (secondary N) is 2. The van der Waals surface area contributed by atoms with Crippen LogP contribution in [0.15, 0.2) is 35.7 Å². The van der Waals surface area contributed by atoms with Crippen molar-refractivity contribution in [1.82, 2.24) is 20.5 Å². The van der Waals surface area contributed by atoms with E-state index in [4.69, 9.17) is 14.5 Å². The van der Waals surface area contributed by atoms with Gasteiger partial charge in [-0.05, 0) is 56.0 Å². The molecule has 0 aliphatic heterocycles. The fourth-order valence-corrected chi connectivity index (χ4v) is 8.01. The molecule has 0 aliphatic carbocycles. The van der Waals surface area contributed by atoms with E-state index in [1.165, 1.54) is 18.4 Å². The van der Waals surface area contributed by atoms with Gasteiger partial charge in [-0.2, -0.15) is 0 Å². The number of methoxy groups -OCH3 is 1. The quantitative estimate of drug-likeness (QED) is 0.0921. The Morgan fingerprint density at radius 1 is 0.907 bits per heavy atom. The summed E-state index contributed by atoms with van der Waals surface area (Å²) in [7, 11) is 3.20. The molecule has 1 aromatic heterocycles. The van der Waals surface area contributed by atoms with Gasteiger partial charge in [-0.15, -0.1) is 11.3 Å². The van der Waals surface area contributed by atoms with Crippen molar-refractivity contribution in [2.75, 3.05) is 27.3 Å². The Bertz CT molecular complexity index is 1420. The second-order valence-corrected chi connectivity index (χ2v) is 16.2. The van der Waals surface area contributed by atoms with Crippen LogP contribution in [0.2, 0.25) is 0 Å². The van der Waals surface area contributed by atoms with Crippen molar-refractivity contribution in [2.45, 2.75) is 138 Å². The van der Waals surface area contributed by atoms with E-state index in [1.807, 2.05) is 42.3 Å². The molecule has 304 valence electrons. The van der Waals surface area contributed by atoms with Gasteiger partial charge in [0.25, 0.3) is 5.91 Å². The molecule has 2 aromatic rings. The number of Topliss-reactive ketones (excluding diaryl/α,β-unsaturated/α-hetero) is 1. The van der Waals surface area contributed by atoms with Gasteiger partial charge in [0.05, 0.1) is 19.1 Å². The number of carbonyl (C=O) groups is 4. The Hall–Kier alpha value is -3.15. The second-order valence-electron chi connectivity index (χ2n) is 15.3. The first-order valence-electron chi connectivity index (χ1n) is 20.3. The van der Waals surface area contributed by atoms with Gasteiger partial charge in [0, 0.05) is 49.4 Å². The average Bonchev–Trinajstić information content (AvgIpc) is 3.66. The summed E-state index contributed by atoms with van der Waals surface area (Å²) < 4.78 is 11.4. The van der Waals surface area contributed by atoms with Crippen LogP contribution in [0, 0.1) is 29.6 Å². The zero-order chi connectivity index (χ0) is 40.4. The van der Waals surface area contributed by atoms with Gasteiger partial charge in [0.1, 0.15) is 16.8 Å². The number of hydrogen-bond donors (Lipinski definition) is 2. The fourth-order valence-electron chi connectivity index (χ4n) is 7.15. The van der Waals surface area contributed by atoms with E-state index in [2.05, 4.69) is 66.0 Å². The molecule has 0 bridgehead atoms. The lowest BCUT2D eigenvalue weighted by Crippen LogP contribution is -2.50. The molecule has 2 amide bonds. The molecule has 10 nitrogen and oxygen atoms in total. The number of thiazole rings is 1. The Morgan fingerprint density at radius 2 is 1.57 bits per heavy atom. The first-order chi connectivity index (χ1) is 25.8. The SMILES string of the molecule is CCCO[C@H](C[C@H](C(C)C)N(CCC)C(=O)[C@@H](CC(=O)[C@@H](NC)[C@@H](C)CC)[C@@H](C)CC)c1nc(C(=O)N[C@@H](Cc2ccccc2)C[C@H](C)C(=O)OC)cs1. The highest BCUT2D eigenvalue weighted by atomic mass is 32.1. The Balaban J connectivity index is 2.41. The number of amides is 2. The molecule has 1 aromatic carbocycles. The third-order valence-corrected chi connectivity index (χ3v) is 11.7. The van der Waals surface area contributed by atoms with Crippen molar-refractivity contribution in [3.05, 3.63) is 52.0 Å². The predicted molar refractivity (Wildman–Crippen MR) is 218 cm³/mol. The van der Waals surface area contributed by atoms with Gasteiger partial charge in [-0.3, -0.25) is 19.2 Å². The molecule has 0 saturated carbocycles. The standard InChI is InChI=1S/C43H70N4O6S/c1-12-21-47(42(50)34(29(7)14-3)25-37(48)39(44-10)30(8)15-4)36(28(5)6)26-38(53-22-13-2)41-46-35(27-54-41)40(49)45-33(23-31(9)43(51)52-11)24-32-19-17-16-18-20-32/h16-20,27-31,33-34,36,38-39,44H,12-15,21-26H2,1-11H3,(H,45,49)/t29-,30-,31-,33+,34-,36+,38+,39-/m0/s1. The monoisotopic (exact) mass is 771 g/mol. The third-order valence-electron chi connectivity index (χ3n) is 10.8. The third kappa shape index (κ3) is 14.2. The summed E-state index contributed by atoms with van der Waals surface area (Å²) in [5.74, 6) is -1.03. The van der Waals surface area contributed by atoms with Crippen LogP contribution in [-0.2, 0) is 30.3 Å². The van der Waals surface area contributed by atoms with Crippen molar-refractivity contribution < 1.29 is 28.7 Å². The van der Waals surface area contributed by atoms with Crippen LogP contribution in [0.25, 0.3) is 0 Å². The Kier molecular flexibility index (Phi) is 21.2. The summed E-state index contributed by atoms with van der Waals surface area (Å²) in [6, 6.07) is 9.09. The van der Waals surface area contributed by atoms with E-state index in [1.54, 1.807) is 12.3 Å². The first kappa shape index (κ1) is 47.0. The van der Waals surface area contributed by atoms with Crippen molar-refractivity contribution in [3.8, 4) is 0 Å². The maximum atomic E-state index is 14.7. The average molecular weight is 771 g/mol. The van der Waals surface area contributed by atoms with Crippen molar-refractivity contribution in [3.63, 3.8) is 0 Å². The molecule has 0 unspecified atom stereocenters. The molecule has 0 radical (unpaired) electrons. The summed E-state index contributed by atoms with van der Waals surface area (Å²) >= 11 is 1.38. The normalized spacial score (nSPS) is 16.1. The van der Waals surface area contributed by atoms with Gasteiger partial charge in [0.15, 0.2) is 5.78 Å². The number of ketones is 1. The Morgan fingerprint density at radius 3 is 2.13 bits per heavy atom. The van der Waals surface area contributed by atoms with Gasteiger partial charge < -0.3 is 25.0 Å². The number of ether oxygens (including phenoxy) is 2. The number of nitrogens with zero attached hydrogens (tertiary/aromatic N) is 2. The summed E-state index contributed by atoms with van der Waals surface area (Å²) in [6.45, 7) is 19.6. The fraction of sp³-hybridized carbons (Fsp3) is 0.698. The lowest BCUT2D eigenvalue weighted by atomic mass is 9.82. The van der Waals surface area contributed by atoms with Crippen molar-refractivity contribution >= 4 is 34.9 Å². The van der Waals surface area contributed by atoms with Gasteiger partial charge in [-0.1, -0.05) is 105 Å². The summed E-state index contributed by atoms with van der Waals surface area (Å²) in [5, 5.41) is 8.79. The van der Waals surface area contributed by atoms with Crippen LogP contribution in [-0.4, -0.2) is 78.9 Å². The largest absolute Gasteiger partial charge is 0.469 e. The molecule has 54 heavy (non-hydrogen) atoms. The highest BCUT2D eigenvalue weighted by Gasteiger charge is 2.38. The maximum absolute atomic E-state index is 14.7. The molecule has 2 N–H and O–H groups in total. The summed E-state index contributed by atoms with van der Waals surface area (Å²) in [5.41, 5.74) is 1.34. The minimum Gasteiger partial charge on any atom is -0.469 e. The number of hydrogen-bond acceptors (Lipinski definition) is 9. The summed E-state index contributed by atoms with van der Waals surface area (Å²) in [6.07, 6.45) is 4.52. The topological polar surface area (TPSA) is 127 Å². The van der Waals surface area contributed by atoms with Gasteiger partial charge in [-0.25, -0.2) is 4.98 Å². The molecule has 0 fully saturated rings. The van der Waals surface area contributed by atoms with Crippen LogP contribution in [0.5, 0.6) is 0 Å². The lowest BCUT2D eigenvalue weighted by Gasteiger charge is -2.39. The molecular weight excluding hydrogens is 701 g/mol. The minimum atomic E-state index is -0.432. The maximum Gasteiger partial charge on any atom is 0.308 e. The molecule has 0 aliphatic rings. The Labute approximate surface area is 329 Å². The highest BCUT2D eigenvalue weighted by molar-refractivity contribution is 7.09. The number of carbonyl (C=O) groups excluding carboxylic acids is 4. The smallest absolute Gasteiger partial charge is 0.308 e. The van der Waals surface area contributed by atoms with E-state index < -0.39 is 17.9 Å². The highest BCUT2D eigenvalue weighted by Crippen LogP contribution is 2.33. The van der Waals surface area contributed by atoms with E-state index in [-0.39, 0.29) is 65.9 Å². The number of benzene rings is 1. The van der Waals surface area contributed by atoms with E-state index in [0.29, 0.717) is 43.1 Å².